The number of allylic oxidation sites excluding steroid dienone is 1. The Hall–Kier alpha value is -0.630. The minimum Gasteiger partial charge on any atom is -0.389 e. The van der Waals surface area contributed by atoms with Crippen molar-refractivity contribution in [1.82, 2.24) is 0 Å². The van der Waals surface area contributed by atoms with E-state index in [1.54, 1.807) is 0 Å². The molecule has 0 saturated heterocycles. The zero-order valence-electron chi connectivity index (χ0n) is 7.21. The van der Waals surface area contributed by atoms with Crippen molar-refractivity contribution < 1.29 is 9.90 Å². The van der Waals surface area contributed by atoms with Gasteiger partial charge in [0.15, 0.2) is 0 Å². The highest BCUT2D eigenvalue weighted by molar-refractivity contribution is 5.66. The van der Waals surface area contributed by atoms with E-state index in [-0.39, 0.29) is 0 Å². The molecule has 0 aliphatic heterocycles. The Morgan fingerprint density at radius 1 is 1.55 bits per heavy atom. The molecule has 1 atom stereocenters. The van der Waals surface area contributed by atoms with Gasteiger partial charge in [0.1, 0.15) is 6.29 Å². The first-order valence-electron chi connectivity index (χ1n) is 4.08. The van der Waals surface area contributed by atoms with Crippen molar-refractivity contribution in [1.29, 1.82) is 0 Å². The molecule has 0 aromatic carbocycles. The van der Waals surface area contributed by atoms with Crippen LogP contribution in [0.25, 0.3) is 0 Å². The minimum atomic E-state index is -0.421. The first kappa shape index (κ1) is 10.4. The van der Waals surface area contributed by atoms with Crippen molar-refractivity contribution in [3.05, 3.63) is 11.6 Å². The van der Waals surface area contributed by atoms with Gasteiger partial charge in [-0.05, 0) is 24.5 Å². The first-order valence-corrected chi connectivity index (χ1v) is 4.08. The molecule has 0 bridgehead atoms. The fourth-order valence-corrected chi connectivity index (χ4v) is 1.01. The van der Waals surface area contributed by atoms with Gasteiger partial charge in [-0.15, -0.1) is 0 Å². The summed E-state index contributed by atoms with van der Waals surface area (Å²) in [7, 11) is 0. The Kier molecular flexibility index (Phi) is 5.75. The second kappa shape index (κ2) is 6.10. The number of carbonyl (C=O) groups excluding carboxylic acids is 1. The van der Waals surface area contributed by atoms with Crippen LogP contribution in [-0.4, -0.2) is 17.5 Å². The van der Waals surface area contributed by atoms with Crippen molar-refractivity contribution in [3.8, 4) is 0 Å². The molecule has 0 amide bonds. The van der Waals surface area contributed by atoms with Gasteiger partial charge in [0.25, 0.3) is 0 Å². The summed E-state index contributed by atoms with van der Waals surface area (Å²) in [5, 5.41) is 9.41. The molecule has 0 aromatic rings. The second-order valence-electron chi connectivity index (χ2n) is 2.54. The normalized spacial score (nSPS) is 14.6. The lowest BCUT2D eigenvalue weighted by Crippen LogP contribution is -2.09. The van der Waals surface area contributed by atoms with E-state index in [9.17, 15) is 9.90 Å². The topological polar surface area (TPSA) is 37.3 Å². The number of hydrogen-bond acceptors (Lipinski definition) is 2. The lowest BCUT2D eigenvalue weighted by molar-refractivity contribution is -0.104. The lowest BCUT2D eigenvalue weighted by atomic mass is 10.0. The molecule has 0 aliphatic rings. The maximum absolute atomic E-state index is 10.1. The average Bonchev–Trinajstić information content (AvgIpc) is 2.00. The molecule has 1 N–H and O–H groups in total. The predicted octanol–water partition coefficient (Wildman–Crippen LogP) is 1.68. The van der Waals surface area contributed by atoms with E-state index in [1.165, 1.54) is 6.08 Å². The van der Waals surface area contributed by atoms with E-state index < -0.39 is 6.10 Å². The fourth-order valence-electron chi connectivity index (χ4n) is 1.01. The molecule has 0 heterocycles. The predicted molar refractivity (Wildman–Crippen MR) is 45.4 cm³/mol. The minimum absolute atomic E-state index is 0.421. The van der Waals surface area contributed by atoms with Gasteiger partial charge in [0.2, 0.25) is 0 Å². The molecule has 2 nitrogen and oxygen atoms in total. The highest BCUT2D eigenvalue weighted by Crippen LogP contribution is 2.10. The summed E-state index contributed by atoms with van der Waals surface area (Å²) >= 11 is 0. The molecule has 0 aromatic heterocycles. The molecule has 0 rings (SSSR count). The van der Waals surface area contributed by atoms with E-state index >= 15 is 0 Å². The molecule has 0 aliphatic carbocycles. The first-order chi connectivity index (χ1) is 5.26. The Bertz CT molecular complexity index is 138. The highest BCUT2D eigenvalue weighted by Gasteiger charge is 2.06. The van der Waals surface area contributed by atoms with E-state index in [2.05, 4.69) is 0 Å². The van der Waals surface area contributed by atoms with E-state index in [1.807, 2.05) is 13.8 Å². The summed E-state index contributed by atoms with van der Waals surface area (Å²) in [4.78, 5) is 10.1. The van der Waals surface area contributed by atoms with Gasteiger partial charge < -0.3 is 5.11 Å². The standard InChI is InChI=1S/C9H16O2/c1-3-5-9(11)8(4-2)6-7-10/h6-7,9,11H,3-5H2,1-2H3/b8-6-. The van der Waals surface area contributed by atoms with Crippen LogP contribution in [0.2, 0.25) is 0 Å². The van der Waals surface area contributed by atoms with Crippen LogP contribution < -0.4 is 0 Å². The Morgan fingerprint density at radius 3 is 2.55 bits per heavy atom. The molecule has 0 radical (unpaired) electrons. The SMILES string of the molecule is CCCC(O)/C(=C\C=O)CC. The maximum Gasteiger partial charge on any atom is 0.142 e. The molecular formula is C9H16O2. The Balaban J connectivity index is 4.01. The average molecular weight is 156 g/mol. The number of aliphatic hydroxyl groups is 1. The molecule has 0 fully saturated rings. The van der Waals surface area contributed by atoms with Gasteiger partial charge >= 0.3 is 0 Å². The summed E-state index contributed by atoms with van der Waals surface area (Å²) < 4.78 is 0. The highest BCUT2D eigenvalue weighted by atomic mass is 16.3. The van der Waals surface area contributed by atoms with Crippen LogP contribution in [0.5, 0.6) is 0 Å². The molecule has 11 heavy (non-hydrogen) atoms. The van der Waals surface area contributed by atoms with Crippen LogP contribution in [0, 0.1) is 0 Å². The zero-order chi connectivity index (χ0) is 8.69. The van der Waals surface area contributed by atoms with Crippen LogP contribution in [0.1, 0.15) is 33.1 Å². The van der Waals surface area contributed by atoms with E-state index in [4.69, 9.17) is 0 Å². The molecule has 1 unspecified atom stereocenters. The lowest BCUT2D eigenvalue weighted by Gasteiger charge is -2.10. The van der Waals surface area contributed by atoms with Crippen LogP contribution >= 0.6 is 0 Å². The van der Waals surface area contributed by atoms with Crippen molar-refractivity contribution >= 4 is 6.29 Å². The van der Waals surface area contributed by atoms with E-state index in [0.717, 1.165) is 31.1 Å². The summed E-state index contributed by atoms with van der Waals surface area (Å²) in [6, 6.07) is 0. The molecule has 64 valence electrons. The largest absolute Gasteiger partial charge is 0.389 e. The van der Waals surface area contributed by atoms with Gasteiger partial charge in [0.05, 0.1) is 6.10 Å². The van der Waals surface area contributed by atoms with Crippen LogP contribution in [0.4, 0.5) is 0 Å². The van der Waals surface area contributed by atoms with Gasteiger partial charge in [-0.2, -0.15) is 0 Å². The Labute approximate surface area is 67.9 Å². The number of carbonyl (C=O) groups is 1. The summed E-state index contributed by atoms with van der Waals surface area (Å²) in [5.74, 6) is 0. The summed E-state index contributed by atoms with van der Waals surface area (Å²) in [5.41, 5.74) is 0.835. The second-order valence-corrected chi connectivity index (χ2v) is 2.54. The number of hydrogen-bond donors (Lipinski definition) is 1. The van der Waals surface area contributed by atoms with Gasteiger partial charge in [-0.1, -0.05) is 20.3 Å². The number of rotatable bonds is 5. The third-order valence-corrected chi connectivity index (χ3v) is 1.68. The van der Waals surface area contributed by atoms with Gasteiger partial charge in [-0.3, -0.25) is 4.79 Å². The zero-order valence-corrected chi connectivity index (χ0v) is 7.21. The smallest absolute Gasteiger partial charge is 0.142 e. The monoisotopic (exact) mass is 156 g/mol. The van der Waals surface area contributed by atoms with Crippen LogP contribution in [0.3, 0.4) is 0 Å². The number of aliphatic hydroxyl groups excluding tert-OH is 1. The van der Waals surface area contributed by atoms with Crippen LogP contribution in [0.15, 0.2) is 11.6 Å². The van der Waals surface area contributed by atoms with Crippen molar-refractivity contribution in [2.45, 2.75) is 39.2 Å². The quantitative estimate of drug-likeness (QED) is 0.485. The third kappa shape index (κ3) is 3.94. The van der Waals surface area contributed by atoms with Crippen LogP contribution in [-0.2, 0) is 4.79 Å². The van der Waals surface area contributed by atoms with Crippen molar-refractivity contribution in [2.75, 3.05) is 0 Å². The Morgan fingerprint density at radius 2 is 2.18 bits per heavy atom. The maximum atomic E-state index is 10.1. The number of aldehydes is 1. The van der Waals surface area contributed by atoms with E-state index in [0.29, 0.717) is 0 Å². The van der Waals surface area contributed by atoms with Gasteiger partial charge in [0, 0.05) is 0 Å². The molecule has 0 spiro atoms. The molecule has 2 heteroatoms. The van der Waals surface area contributed by atoms with Crippen molar-refractivity contribution in [2.24, 2.45) is 0 Å². The summed E-state index contributed by atoms with van der Waals surface area (Å²) in [6.45, 7) is 3.95. The molecular weight excluding hydrogens is 140 g/mol. The third-order valence-electron chi connectivity index (χ3n) is 1.68. The van der Waals surface area contributed by atoms with Gasteiger partial charge in [-0.25, -0.2) is 0 Å². The van der Waals surface area contributed by atoms with Crippen molar-refractivity contribution in [3.63, 3.8) is 0 Å². The summed E-state index contributed by atoms with van der Waals surface area (Å²) in [6.07, 6.45) is 4.21. The fraction of sp³-hybridized carbons (Fsp3) is 0.667. The molecule has 0 saturated carbocycles.